The fraction of sp³-hybridized carbons (Fsp3) is 0.174. The Kier molecular flexibility index (Phi) is 6.64. The van der Waals surface area contributed by atoms with Gasteiger partial charge in [0.1, 0.15) is 0 Å². The molecule has 0 saturated carbocycles. The normalized spacial score (nSPS) is 11.8. The van der Waals surface area contributed by atoms with Gasteiger partial charge < -0.3 is 10.1 Å². The quantitative estimate of drug-likeness (QED) is 0.583. The van der Waals surface area contributed by atoms with Crippen LogP contribution in [0.25, 0.3) is 11.1 Å². The number of rotatable bonds is 7. The average Bonchev–Trinajstić information content (AvgIpc) is 2.72. The Bertz CT molecular complexity index is 878. The molecule has 1 atom stereocenters. The zero-order chi connectivity index (χ0) is 19.1. The zero-order valence-corrected chi connectivity index (χ0v) is 15.9. The van der Waals surface area contributed by atoms with Crippen LogP contribution in [0.1, 0.15) is 17.0 Å². The first-order chi connectivity index (χ1) is 13.2. The predicted molar refractivity (Wildman–Crippen MR) is 110 cm³/mol. The first-order valence-corrected chi connectivity index (χ1v) is 9.23. The molecule has 3 aromatic carbocycles. The monoisotopic (exact) mass is 379 g/mol. The summed E-state index contributed by atoms with van der Waals surface area (Å²) in [6, 6.07) is 25.8. The molecule has 0 radical (unpaired) electrons. The highest BCUT2D eigenvalue weighted by Crippen LogP contribution is 2.26. The summed E-state index contributed by atoms with van der Waals surface area (Å²) >= 11 is 5.98. The standard InChI is InChI=1S/C23H22ClNO2/c1-27-23(26)22(16-25-15-17-6-3-2-4-7-17)20-9-5-8-19(14-20)18-10-12-21(24)13-11-18/h2-14,22,25H,15-16H2,1H3. The molecule has 0 saturated heterocycles. The van der Waals surface area contributed by atoms with E-state index in [1.54, 1.807) is 0 Å². The molecule has 0 aliphatic heterocycles. The number of nitrogens with one attached hydrogen (secondary N) is 1. The van der Waals surface area contributed by atoms with E-state index >= 15 is 0 Å². The maximum atomic E-state index is 12.4. The van der Waals surface area contributed by atoms with Crippen molar-refractivity contribution in [3.8, 4) is 11.1 Å². The molecule has 3 aromatic rings. The highest BCUT2D eigenvalue weighted by atomic mass is 35.5. The number of carbonyl (C=O) groups is 1. The third-order valence-electron chi connectivity index (χ3n) is 4.47. The van der Waals surface area contributed by atoms with E-state index in [-0.39, 0.29) is 11.9 Å². The lowest BCUT2D eigenvalue weighted by molar-refractivity contribution is -0.142. The molecule has 138 valence electrons. The number of benzene rings is 3. The highest BCUT2D eigenvalue weighted by molar-refractivity contribution is 6.30. The number of halogens is 1. The van der Waals surface area contributed by atoms with Crippen LogP contribution < -0.4 is 5.32 Å². The van der Waals surface area contributed by atoms with Crippen LogP contribution in [0.5, 0.6) is 0 Å². The minimum atomic E-state index is -0.369. The summed E-state index contributed by atoms with van der Waals surface area (Å²) in [5.74, 6) is -0.616. The number of ether oxygens (including phenoxy) is 1. The molecule has 3 nitrogen and oxygen atoms in total. The number of esters is 1. The van der Waals surface area contributed by atoms with Gasteiger partial charge in [-0.25, -0.2) is 0 Å². The van der Waals surface area contributed by atoms with Gasteiger partial charge in [0.05, 0.1) is 13.0 Å². The molecule has 0 aliphatic carbocycles. The first kappa shape index (κ1) is 19.2. The summed E-state index contributed by atoms with van der Waals surface area (Å²) in [4.78, 5) is 12.4. The van der Waals surface area contributed by atoms with E-state index in [1.807, 2.05) is 66.7 Å². The molecule has 0 spiro atoms. The van der Waals surface area contributed by atoms with E-state index in [4.69, 9.17) is 16.3 Å². The molecule has 1 N–H and O–H groups in total. The average molecular weight is 380 g/mol. The second-order valence-electron chi connectivity index (χ2n) is 6.32. The molecule has 1 unspecified atom stereocenters. The van der Waals surface area contributed by atoms with E-state index in [9.17, 15) is 4.79 Å². The molecular formula is C23H22ClNO2. The Labute approximate surface area is 164 Å². The van der Waals surface area contributed by atoms with E-state index in [0.29, 0.717) is 18.1 Å². The maximum Gasteiger partial charge on any atom is 0.314 e. The minimum absolute atomic E-state index is 0.246. The molecule has 0 aromatic heterocycles. The van der Waals surface area contributed by atoms with Crippen molar-refractivity contribution in [1.29, 1.82) is 0 Å². The fourth-order valence-electron chi connectivity index (χ4n) is 3.01. The van der Waals surface area contributed by atoms with Crippen LogP contribution in [0.15, 0.2) is 78.9 Å². The van der Waals surface area contributed by atoms with Gasteiger partial charge in [0.15, 0.2) is 0 Å². The lowest BCUT2D eigenvalue weighted by Gasteiger charge is -2.17. The van der Waals surface area contributed by atoms with Crippen LogP contribution in [-0.4, -0.2) is 19.6 Å². The molecular weight excluding hydrogens is 358 g/mol. The predicted octanol–water partition coefficient (Wildman–Crippen LogP) is 5.05. The lowest BCUT2D eigenvalue weighted by Crippen LogP contribution is -2.27. The van der Waals surface area contributed by atoms with Crippen LogP contribution >= 0.6 is 11.6 Å². The van der Waals surface area contributed by atoms with E-state index in [2.05, 4.69) is 17.4 Å². The Morgan fingerprint density at radius 3 is 2.41 bits per heavy atom. The van der Waals surface area contributed by atoms with Gasteiger partial charge in [-0.1, -0.05) is 78.3 Å². The summed E-state index contributed by atoms with van der Waals surface area (Å²) in [6.07, 6.45) is 0. The molecule has 0 heterocycles. The SMILES string of the molecule is COC(=O)C(CNCc1ccccc1)c1cccc(-c2ccc(Cl)cc2)c1. The molecule has 0 aliphatic rings. The van der Waals surface area contributed by atoms with Crippen LogP contribution in [0.4, 0.5) is 0 Å². The summed E-state index contributed by atoms with van der Waals surface area (Å²) in [5, 5.41) is 4.07. The number of hydrogen-bond donors (Lipinski definition) is 1. The molecule has 4 heteroatoms. The van der Waals surface area contributed by atoms with Gasteiger partial charge in [0.2, 0.25) is 0 Å². The van der Waals surface area contributed by atoms with Crippen molar-refractivity contribution in [3.05, 3.63) is 95.0 Å². The fourth-order valence-corrected chi connectivity index (χ4v) is 3.14. The summed E-state index contributed by atoms with van der Waals surface area (Å²) in [7, 11) is 1.43. The number of carbonyl (C=O) groups excluding carboxylic acids is 1. The smallest absolute Gasteiger partial charge is 0.314 e. The molecule has 27 heavy (non-hydrogen) atoms. The Morgan fingerprint density at radius 1 is 0.963 bits per heavy atom. The van der Waals surface area contributed by atoms with Crippen LogP contribution in [0.3, 0.4) is 0 Å². The Balaban J connectivity index is 1.77. The van der Waals surface area contributed by atoms with Crippen molar-refractivity contribution in [2.24, 2.45) is 0 Å². The summed E-state index contributed by atoms with van der Waals surface area (Å²) in [6.45, 7) is 1.21. The largest absolute Gasteiger partial charge is 0.469 e. The van der Waals surface area contributed by atoms with Crippen molar-refractivity contribution in [3.63, 3.8) is 0 Å². The van der Waals surface area contributed by atoms with E-state index < -0.39 is 0 Å². The topological polar surface area (TPSA) is 38.3 Å². The van der Waals surface area contributed by atoms with Crippen molar-refractivity contribution >= 4 is 17.6 Å². The maximum absolute atomic E-state index is 12.4. The molecule has 0 amide bonds. The van der Waals surface area contributed by atoms with Crippen molar-refractivity contribution < 1.29 is 9.53 Å². The van der Waals surface area contributed by atoms with Gasteiger partial charge in [0.25, 0.3) is 0 Å². The second-order valence-corrected chi connectivity index (χ2v) is 6.76. The number of hydrogen-bond acceptors (Lipinski definition) is 3. The number of methoxy groups -OCH3 is 1. The van der Waals surface area contributed by atoms with Crippen LogP contribution in [0.2, 0.25) is 5.02 Å². The third kappa shape index (κ3) is 5.19. The summed E-state index contributed by atoms with van der Waals surface area (Å²) in [5.41, 5.74) is 4.20. The first-order valence-electron chi connectivity index (χ1n) is 8.86. The Hall–Kier alpha value is -2.62. The van der Waals surface area contributed by atoms with E-state index in [0.717, 1.165) is 16.7 Å². The third-order valence-corrected chi connectivity index (χ3v) is 4.72. The second kappa shape index (κ2) is 9.36. The van der Waals surface area contributed by atoms with Gasteiger partial charge in [-0.05, 0) is 34.4 Å². The van der Waals surface area contributed by atoms with Crippen molar-refractivity contribution in [2.75, 3.05) is 13.7 Å². The molecule has 0 fully saturated rings. The van der Waals surface area contributed by atoms with Gasteiger partial charge in [0, 0.05) is 18.1 Å². The van der Waals surface area contributed by atoms with Gasteiger partial charge in [-0.15, -0.1) is 0 Å². The Morgan fingerprint density at radius 2 is 1.70 bits per heavy atom. The highest BCUT2D eigenvalue weighted by Gasteiger charge is 2.21. The summed E-state index contributed by atoms with van der Waals surface area (Å²) < 4.78 is 5.03. The van der Waals surface area contributed by atoms with Gasteiger partial charge in [-0.2, -0.15) is 0 Å². The minimum Gasteiger partial charge on any atom is -0.469 e. The lowest BCUT2D eigenvalue weighted by atomic mass is 9.95. The van der Waals surface area contributed by atoms with Gasteiger partial charge >= 0.3 is 5.97 Å². The molecule has 3 rings (SSSR count). The van der Waals surface area contributed by atoms with Crippen LogP contribution in [0, 0.1) is 0 Å². The van der Waals surface area contributed by atoms with E-state index in [1.165, 1.54) is 12.7 Å². The van der Waals surface area contributed by atoms with Gasteiger partial charge in [-0.3, -0.25) is 4.79 Å². The van der Waals surface area contributed by atoms with Crippen molar-refractivity contribution in [2.45, 2.75) is 12.5 Å². The molecule has 0 bridgehead atoms. The zero-order valence-electron chi connectivity index (χ0n) is 15.2. The van der Waals surface area contributed by atoms with Crippen LogP contribution in [-0.2, 0) is 16.1 Å². The van der Waals surface area contributed by atoms with Crippen molar-refractivity contribution in [1.82, 2.24) is 5.32 Å².